The molecule has 0 radical (unpaired) electrons. The van der Waals surface area contributed by atoms with Crippen LogP contribution in [0.4, 0.5) is 10.5 Å². The Hall–Kier alpha value is -4.51. The van der Waals surface area contributed by atoms with Gasteiger partial charge in [0.15, 0.2) is 0 Å². The van der Waals surface area contributed by atoms with Gasteiger partial charge in [0.25, 0.3) is 15.6 Å². The summed E-state index contributed by atoms with van der Waals surface area (Å²) >= 11 is 0. The highest BCUT2D eigenvalue weighted by Gasteiger charge is 2.33. The van der Waals surface area contributed by atoms with Gasteiger partial charge in [-0.15, -0.1) is 0 Å². The van der Waals surface area contributed by atoms with Gasteiger partial charge in [-0.05, 0) is 60.6 Å². The zero-order valence-corrected chi connectivity index (χ0v) is 27.5. The molecule has 1 aliphatic carbocycles. The molecule has 0 spiro atoms. The van der Waals surface area contributed by atoms with Crippen LogP contribution < -0.4 is 15.2 Å². The Morgan fingerprint density at radius 2 is 1.78 bits per heavy atom. The molecule has 1 fully saturated rings. The number of rotatable bonds is 12. The maximum atomic E-state index is 13.9. The van der Waals surface area contributed by atoms with Crippen molar-refractivity contribution >= 4 is 38.6 Å². The van der Waals surface area contributed by atoms with E-state index in [0.29, 0.717) is 59.4 Å². The maximum absolute atomic E-state index is 13.9. The molecule has 1 saturated carbocycles. The predicted octanol–water partition coefficient (Wildman–Crippen LogP) is 5.90. The van der Waals surface area contributed by atoms with E-state index in [4.69, 9.17) is 9.72 Å². The number of ether oxygens (including phenoxy) is 1. The van der Waals surface area contributed by atoms with Crippen molar-refractivity contribution in [2.45, 2.75) is 64.3 Å². The summed E-state index contributed by atoms with van der Waals surface area (Å²) in [4.78, 5) is 45.0. The number of nitrogens with one attached hydrogen (secondary N) is 1. The first-order valence-corrected chi connectivity index (χ1v) is 17.2. The van der Waals surface area contributed by atoms with Crippen molar-refractivity contribution in [2.24, 2.45) is 11.8 Å². The van der Waals surface area contributed by atoms with Gasteiger partial charge in [-0.25, -0.2) is 22.9 Å². The number of carbonyl (C=O) groups excluding carboxylic acids is 2. The quantitative estimate of drug-likeness (QED) is 0.204. The molecule has 0 bridgehead atoms. The van der Waals surface area contributed by atoms with Crippen LogP contribution in [0, 0.1) is 11.8 Å². The number of benzene rings is 3. The van der Waals surface area contributed by atoms with Crippen molar-refractivity contribution in [1.82, 2.24) is 14.3 Å². The SMILES string of the molecule is CCCCc1nc2ccc(N(C)C(=O)OCC(C)C)cc2c(=O)n1Cc1ccc(-c2ccccc2S(=O)(=O)NC(=O)C2CC2)cc1. The third-order valence-corrected chi connectivity index (χ3v) is 9.34. The third-order valence-electron chi connectivity index (χ3n) is 7.94. The molecule has 1 aliphatic rings. The topological polar surface area (TPSA) is 128 Å². The summed E-state index contributed by atoms with van der Waals surface area (Å²) < 4.78 is 35.5. The molecular weight excluding hydrogens is 604 g/mol. The Bertz CT molecular complexity index is 1910. The number of aryl methyl sites for hydroxylation is 1. The summed E-state index contributed by atoms with van der Waals surface area (Å²) in [6.45, 7) is 6.56. The second-order valence-electron chi connectivity index (χ2n) is 12.2. The van der Waals surface area contributed by atoms with Crippen LogP contribution in [-0.2, 0) is 32.5 Å². The highest BCUT2D eigenvalue weighted by atomic mass is 32.2. The number of carbonyl (C=O) groups is 2. The second kappa shape index (κ2) is 13.9. The van der Waals surface area contributed by atoms with Crippen LogP contribution in [0.3, 0.4) is 0 Å². The van der Waals surface area contributed by atoms with Gasteiger partial charge < -0.3 is 4.74 Å². The van der Waals surface area contributed by atoms with E-state index >= 15 is 0 Å². The number of nitrogens with zero attached hydrogens (tertiary/aromatic N) is 3. The van der Waals surface area contributed by atoms with Crippen LogP contribution in [0.2, 0.25) is 0 Å². The number of fused-ring (bicyclic) bond motifs is 1. The molecule has 5 rings (SSSR count). The average molecular weight is 645 g/mol. The molecular formula is C35H40N4O6S. The Morgan fingerprint density at radius 3 is 2.46 bits per heavy atom. The highest BCUT2D eigenvalue weighted by molar-refractivity contribution is 7.90. The fourth-order valence-corrected chi connectivity index (χ4v) is 6.40. The lowest BCUT2D eigenvalue weighted by Crippen LogP contribution is -2.32. The highest BCUT2D eigenvalue weighted by Crippen LogP contribution is 2.31. The molecule has 46 heavy (non-hydrogen) atoms. The van der Waals surface area contributed by atoms with Crippen molar-refractivity contribution in [3.8, 4) is 11.1 Å². The lowest BCUT2D eigenvalue weighted by molar-refractivity contribution is -0.120. The minimum atomic E-state index is -4.05. The lowest BCUT2D eigenvalue weighted by atomic mass is 10.0. The van der Waals surface area contributed by atoms with Crippen LogP contribution >= 0.6 is 0 Å². The van der Waals surface area contributed by atoms with Crippen molar-refractivity contribution in [3.63, 3.8) is 0 Å². The van der Waals surface area contributed by atoms with Crippen LogP contribution in [0.1, 0.15) is 57.8 Å². The minimum Gasteiger partial charge on any atom is -0.449 e. The molecule has 242 valence electrons. The van der Waals surface area contributed by atoms with Gasteiger partial charge in [0.1, 0.15) is 5.82 Å². The molecule has 3 aromatic carbocycles. The number of sulfonamides is 1. The first-order chi connectivity index (χ1) is 22.0. The molecule has 1 heterocycles. The number of hydrogen-bond donors (Lipinski definition) is 1. The normalized spacial score (nSPS) is 13.2. The molecule has 2 amide bonds. The third kappa shape index (κ3) is 7.47. The van der Waals surface area contributed by atoms with Crippen molar-refractivity contribution in [3.05, 3.63) is 88.5 Å². The van der Waals surface area contributed by atoms with Crippen molar-refractivity contribution < 1.29 is 22.7 Å². The molecule has 0 aliphatic heterocycles. The second-order valence-corrected chi connectivity index (χ2v) is 13.8. The van der Waals surface area contributed by atoms with Crippen LogP contribution in [0.25, 0.3) is 22.0 Å². The van der Waals surface area contributed by atoms with E-state index in [1.54, 1.807) is 48.0 Å². The van der Waals surface area contributed by atoms with Gasteiger partial charge in [-0.2, -0.15) is 0 Å². The molecule has 11 heteroatoms. The van der Waals surface area contributed by atoms with Crippen LogP contribution in [0.5, 0.6) is 0 Å². The van der Waals surface area contributed by atoms with Crippen molar-refractivity contribution in [1.29, 1.82) is 0 Å². The van der Waals surface area contributed by atoms with Gasteiger partial charge in [-0.3, -0.25) is 19.1 Å². The Kier molecular flexibility index (Phi) is 9.91. The molecule has 0 unspecified atom stereocenters. The maximum Gasteiger partial charge on any atom is 0.414 e. The van der Waals surface area contributed by atoms with E-state index in [1.165, 1.54) is 11.0 Å². The zero-order chi connectivity index (χ0) is 33.0. The Morgan fingerprint density at radius 1 is 1.07 bits per heavy atom. The predicted molar refractivity (Wildman–Crippen MR) is 178 cm³/mol. The zero-order valence-electron chi connectivity index (χ0n) is 26.7. The Balaban J connectivity index is 1.45. The summed E-state index contributed by atoms with van der Waals surface area (Å²) in [5.41, 5.74) is 2.84. The van der Waals surface area contributed by atoms with Gasteiger partial charge in [0, 0.05) is 30.6 Å². The molecule has 4 aromatic rings. The number of hydrogen-bond acceptors (Lipinski definition) is 7. The summed E-state index contributed by atoms with van der Waals surface area (Å²) in [6, 6.07) is 19.1. The average Bonchev–Trinajstić information content (AvgIpc) is 3.90. The monoisotopic (exact) mass is 644 g/mol. The molecule has 0 atom stereocenters. The summed E-state index contributed by atoms with van der Waals surface area (Å²) in [6.07, 6.45) is 3.33. The van der Waals surface area contributed by atoms with E-state index in [9.17, 15) is 22.8 Å². The van der Waals surface area contributed by atoms with E-state index in [2.05, 4.69) is 11.6 Å². The van der Waals surface area contributed by atoms with Gasteiger partial charge in [0.2, 0.25) is 5.91 Å². The largest absolute Gasteiger partial charge is 0.449 e. The van der Waals surface area contributed by atoms with Gasteiger partial charge >= 0.3 is 6.09 Å². The van der Waals surface area contributed by atoms with Gasteiger partial charge in [0.05, 0.1) is 29.0 Å². The first-order valence-electron chi connectivity index (χ1n) is 15.7. The van der Waals surface area contributed by atoms with Crippen molar-refractivity contribution in [2.75, 3.05) is 18.6 Å². The molecule has 1 N–H and O–H groups in total. The summed E-state index contributed by atoms with van der Waals surface area (Å²) in [5, 5.41) is 0.394. The standard InChI is InChI=1S/C35H40N4O6S/c1-5-6-11-32-36-30-19-18-27(38(4)35(42)45-22-23(2)3)20-29(30)34(41)39(32)21-24-12-14-25(15-13-24)28-9-7-8-10-31(28)46(43,44)37-33(40)26-16-17-26/h7-10,12-15,18-20,23,26H,5-6,11,16-17,21-22H2,1-4H3,(H,37,40). The molecule has 10 nitrogen and oxygen atoms in total. The number of amides is 2. The lowest BCUT2D eigenvalue weighted by Gasteiger charge is -2.19. The van der Waals surface area contributed by atoms with E-state index in [1.807, 2.05) is 38.1 Å². The smallest absolute Gasteiger partial charge is 0.414 e. The first kappa shape index (κ1) is 32.9. The van der Waals surface area contributed by atoms with Crippen LogP contribution in [0.15, 0.2) is 76.4 Å². The minimum absolute atomic E-state index is 0.0300. The summed E-state index contributed by atoms with van der Waals surface area (Å²) in [7, 11) is -2.44. The number of unbranched alkanes of at least 4 members (excludes halogenated alkanes) is 1. The van der Waals surface area contributed by atoms with Gasteiger partial charge in [-0.1, -0.05) is 69.7 Å². The molecule has 0 saturated heterocycles. The van der Waals surface area contributed by atoms with E-state index in [-0.39, 0.29) is 28.8 Å². The van der Waals surface area contributed by atoms with E-state index < -0.39 is 22.0 Å². The Labute approximate surface area is 269 Å². The number of aromatic nitrogens is 2. The fourth-order valence-electron chi connectivity index (χ4n) is 5.12. The molecule has 1 aromatic heterocycles. The van der Waals surface area contributed by atoms with E-state index in [0.717, 1.165) is 18.4 Å². The van der Waals surface area contributed by atoms with Crippen LogP contribution in [-0.4, -0.2) is 43.6 Å². The number of anilines is 1. The fraction of sp³-hybridized carbons (Fsp3) is 0.371. The summed E-state index contributed by atoms with van der Waals surface area (Å²) in [5.74, 6) is 0.158.